The van der Waals surface area contributed by atoms with Crippen molar-refractivity contribution in [2.24, 2.45) is 11.8 Å². The summed E-state index contributed by atoms with van der Waals surface area (Å²) in [6, 6.07) is 0. The van der Waals surface area contributed by atoms with E-state index in [2.05, 4.69) is 26.0 Å². The van der Waals surface area contributed by atoms with E-state index in [0.717, 1.165) is 11.8 Å². The van der Waals surface area contributed by atoms with Gasteiger partial charge in [0.15, 0.2) is 0 Å². The van der Waals surface area contributed by atoms with E-state index in [1.54, 1.807) is 0 Å². The fourth-order valence-electron chi connectivity index (χ4n) is 2.09. The van der Waals surface area contributed by atoms with E-state index in [9.17, 15) is 0 Å². The molecule has 1 rings (SSSR count). The molecule has 0 aromatic heterocycles. The molecule has 0 aliphatic heterocycles. The molecule has 2 unspecified atom stereocenters. The molecule has 0 aromatic rings. The highest BCUT2D eigenvalue weighted by Gasteiger charge is 2.19. The molecule has 0 nitrogen and oxygen atoms in total. The summed E-state index contributed by atoms with van der Waals surface area (Å²) in [5, 5.41) is 0. The van der Waals surface area contributed by atoms with Gasteiger partial charge in [0, 0.05) is 0 Å². The second kappa shape index (κ2) is 4.58. The van der Waals surface area contributed by atoms with Gasteiger partial charge in [0.1, 0.15) is 0 Å². The lowest BCUT2D eigenvalue weighted by Gasteiger charge is -2.05. The summed E-state index contributed by atoms with van der Waals surface area (Å²) in [7, 11) is 0. The zero-order valence-corrected chi connectivity index (χ0v) is 7.84. The molecule has 2 atom stereocenters. The van der Waals surface area contributed by atoms with Crippen molar-refractivity contribution in [2.75, 3.05) is 0 Å². The molecule has 0 heterocycles. The predicted molar refractivity (Wildman–Crippen MR) is 50.6 cm³/mol. The summed E-state index contributed by atoms with van der Waals surface area (Å²) in [6.45, 7) is 4.49. The highest BCUT2D eigenvalue weighted by Crippen LogP contribution is 2.33. The molecule has 0 spiro atoms. The smallest absolute Gasteiger partial charge is 0.0348 e. The fourth-order valence-corrected chi connectivity index (χ4v) is 2.09. The maximum absolute atomic E-state index is 2.38. The van der Waals surface area contributed by atoms with E-state index in [-0.39, 0.29) is 0 Å². The molecule has 0 aromatic carbocycles. The van der Waals surface area contributed by atoms with Gasteiger partial charge in [-0.05, 0) is 38.0 Å². The second-order valence-electron chi connectivity index (χ2n) is 3.93. The van der Waals surface area contributed by atoms with Crippen LogP contribution in [0.4, 0.5) is 0 Å². The van der Waals surface area contributed by atoms with E-state index in [1.165, 1.54) is 32.1 Å². The molecule has 1 saturated carbocycles. The van der Waals surface area contributed by atoms with Gasteiger partial charge in [-0.2, -0.15) is 0 Å². The summed E-state index contributed by atoms with van der Waals surface area (Å²) in [5.74, 6) is 2.05. The first-order chi connectivity index (χ1) is 5.33. The lowest BCUT2D eigenvalue weighted by molar-refractivity contribution is 0.484. The molecule has 0 N–H and O–H groups in total. The largest absolute Gasteiger partial charge is 0.0917 e. The van der Waals surface area contributed by atoms with Gasteiger partial charge in [0.05, 0.1) is 0 Å². The monoisotopic (exact) mass is 152 g/mol. The average Bonchev–Trinajstić information content (AvgIpc) is 2.37. The van der Waals surface area contributed by atoms with Crippen molar-refractivity contribution in [2.45, 2.75) is 46.0 Å². The van der Waals surface area contributed by atoms with Crippen LogP contribution < -0.4 is 0 Å². The second-order valence-corrected chi connectivity index (χ2v) is 3.93. The third kappa shape index (κ3) is 3.09. The molecular weight excluding hydrogens is 132 g/mol. The molecule has 0 amide bonds. The molecule has 1 aliphatic rings. The Morgan fingerprint density at radius 1 is 1.36 bits per heavy atom. The minimum atomic E-state index is 1.01. The first-order valence-corrected chi connectivity index (χ1v) is 4.94. The summed E-state index contributed by atoms with van der Waals surface area (Å²) in [4.78, 5) is 0. The zero-order valence-electron chi connectivity index (χ0n) is 7.84. The Labute approximate surface area is 70.7 Å². The van der Waals surface area contributed by atoms with Crippen LogP contribution in [0.25, 0.3) is 0 Å². The molecule has 64 valence electrons. The maximum atomic E-state index is 2.38. The summed E-state index contributed by atoms with van der Waals surface area (Å²) in [6.07, 6.45) is 11.6. The van der Waals surface area contributed by atoms with Crippen molar-refractivity contribution in [1.82, 2.24) is 0 Å². The summed E-state index contributed by atoms with van der Waals surface area (Å²) in [5.41, 5.74) is 0. The molecule has 11 heavy (non-hydrogen) atoms. The Balaban J connectivity index is 2.08. The van der Waals surface area contributed by atoms with E-state index >= 15 is 0 Å². The molecule has 0 bridgehead atoms. The van der Waals surface area contributed by atoms with E-state index in [4.69, 9.17) is 0 Å². The quantitative estimate of drug-likeness (QED) is 0.540. The van der Waals surface area contributed by atoms with Gasteiger partial charge in [-0.25, -0.2) is 0 Å². The molecule has 0 heteroatoms. The Hall–Kier alpha value is -0.260. The van der Waals surface area contributed by atoms with E-state index < -0.39 is 0 Å². The van der Waals surface area contributed by atoms with Crippen LogP contribution >= 0.6 is 0 Å². The van der Waals surface area contributed by atoms with E-state index in [1.807, 2.05) is 0 Å². The lowest BCUT2D eigenvalue weighted by Crippen LogP contribution is -1.92. The normalized spacial score (nSPS) is 31.8. The number of hydrogen-bond donors (Lipinski definition) is 0. The predicted octanol–water partition coefficient (Wildman–Crippen LogP) is 3.78. The highest BCUT2D eigenvalue weighted by molar-refractivity contribution is 4.80. The number of rotatable bonds is 3. The van der Waals surface area contributed by atoms with Crippen molar-refractivity contribution in [3.05, 3.63) is 12.2 Å². The fraction of sp³-hybridized carbons (Fsp3) is 0.818. The van der Waals surface area contributed by atoms with Crippen molar-refractivity contribution < 1.29 is 0 Å². The van der Waals surface area contributed by atoms with Crippen molar-refractivity contribution in [1.29, 1.82) is 0 Å². The van der Waals surface area contributed by atoms with Gasteiger partial charge < -0.3 is 0 Å². The Bertz CT molecular complexity index is 124. The van der Waals surface area contributed by atoms with Crippen molar-refractivity contribution >= 4 is 0 Å². The summed E-state index contributed by atoms with van der Waals surface area (Å²) >= 11 is 0. The van der Waals surface area contributed by atoms with Crippen LogP contribution in [-0.4, -0.2) is 0 Å². The number of hydrogen-bond acceptors (Lipinski definition) is 0. The average molecular weight is 152 g/mol. The van der Waals surface area contributed by atoms with E-state index in [0.29, 0.717) is 0 Å². The topological polar surface area (TPSA) is 0 Å². The van der Waals surface area contributed by atoms with Crippen molar-refractivity contribution in [3.8, 4) is 0 Å². The highest BCUT2D eigenvalue weighted by atomic mass is 14.3. The molecule has 1 aliphatic carbocycles. The first-order valence-electron chi connectivity index (χ1n) is 4.94. The minimum absolute atomic E-state index is 1.01. The van der Waals surface area contributed by atoms with Gasteiger partial charge >= 0.3 is 0 Å². The van der Waals surface area contributed by atoms with Crippen LogP contribution in [-0.2, 0) is 0 Å². The standard InChI is InChI=1S/C11H20/c1-3-4-5-6-11-8-7-10(2)9-11/h3-4,10-11H,5-9H2,1-2H3. The summed E-state index contributed by atoms with van der Waals surface area (Å²) < 4.78 is 0. The Morgan fingerprint density at radius 2 is 2.18 bits per heavy atom. The van der Waals surface area contributed by atoms with Gasteiger partial charge in [0.2, 0.25) is 0 Å². The number of allylic oxidation sites excluding steroid dienone is 2. The van der Waals surface area contributed by atoms with Gasteiger partial charge in [0.25, 0.3) is 0 Å². The van der Waals surface area contributed by atoms with Gasteiger partial charge in [-0.1, -0.05) is 31.9 Å². The third-order valence-corrected chi connectivity index (χ3v) is 2.78. The molecule has 1 fully saturated rings. The molecule has 0 radical (unpaired) electrons. The van der Waals surface area contributed by atoms with Crippen LogP contribution in [0.5, 0.6) is 0 Å². The van der Waals surface area contributed by atoms with Gasteiger partial charge in [-0.15, -0.1) is 0 Å². The van der Waals surface area contributed by atoms with Crippen LogP contribution in [0.3, 0.4) is 0 Å². The van der Waals surface area contributed by atoms with Crippen molar-refractivity contribution in [3.63, 3.8) is 0 Å². The first kappa shape index (κ1) is 8.83. The lowest BCUT2D eigenvalue weighted by atomic mass is 10.0. The SMILES string of the molecule is CC=CCCC1CCC(C)C1. The maximum Gasteiger partial charge on any atom is -0.0348 e. The zero-order chi connectivity index (χ0) is 8.10. The van der Waals surface area contributed by atoms with Crippen LogP contribution in [0.15, 0.2) is 12.2 Å². The van der Waals surface area contributed by atoms with Crippen LogP contribution in [0, 0.1) is 11.8 Å². The molecular formula is C11H20. The Morgan fingerprint density at radius 3 is 2.73 bits per heavy atom. The van der Waals surface area contributed by atoms with Crippen LogP contribution in [0.1, 0.15) is 46.0 Å². The molecule has 0 saturated heterocycles. The Kier molecular flexibility index (Phi) is 3.68. The third-order valence-electron chi connectivity index (χ3n) is 2.78. The minimum Gasteiger partial charge on any atom is -0.0917 e. The van der Waals surface area contributed by atoms with Crippen LogP contribution in [0.2, 0.25) is 0 Å². The van der Waals surface area contributed by atoms with Gasteiger partial charge in [-0.3, -0.25) is 0 Å².